The second-order valence-electron chi connectivity index (χ2n) is 7.23. The number of rotatable bonds is 6. The molecule has 2 fully saturated rings. The Kier molecular flexibility index (Phi) is 5.28. The summed E-state index contributed by atoms with van der Waals surface area (Å²) in [7, 11) is 0. The number of benzene rings is 1. The van der Waals surface area contributed by atoms with Gasteiger partial charge < -0.3 is 9.47 Å². The standard InChI is InChI=1S/C19H24F4O2/c1-3-4-12-5-7-13(8-6-12)19(22,23)25-18-11(2)9-14(15-10-24-15)16(20)17(18)21/h9,12-13,15H,3-8,10H2,1-2H3. The van der Waals surface area contributed by atoms with E-state index < -0.39 is 35.5 Å². The average molecular weight is 360 g/mol. The van der Waals surface area contributed by atoms with E-state index in [1.807, 2.05) is 0 Å². The molecule has 0 N–H and O–H groups in total. The molecule has 25 heavy (non-hydrogen) atoms. The molecule has 0 bridgehead atoms. The normalized spacial score (nSPS) is 26.6. The lowest BCUT2D eigenvalue weighted by Crippen LogP contribution is -2.37. The molecular weight excluding hydrogens is 336 g/mol. The van der Waals surface area contributed by atoms with E-state index in [-0.39, 0.29) is 11.1 Å². The van der Waals surface area contributed by atoms with Crippen LogP contribution in [0.15, 0.2) is 6.07 Å². The van der Waals surface area contributed by atoms with Crippen LogP contribution in [0.4, 0.5) is 17.6 Å². The van der Waals surface area contributed by atoms with E-state index in [1.165, 1.54) is 13.0 Å². The van der Waals surface area contributed by atoms with Crippen LogP contribution in [-0.2, 0) is 4.74 Å². The van der Waals surface area contributed by atoms with Gasteiger partial charge in [-0.25, -0.2) is 4.39 Å². The second-order valence-corrected chi connectivity index (χ2v) is 7.23. The summed E-state index contributed by atoms with van der Waals surface area (Å²) in [6.07, 6.45) is 0.232. The van der Waals surface area contributed by atoms with Crippen molar-refractivity contribution in [2.24, 2.45) is 11.8 Å². The van der Waals surface area contributed by atoms with Crippen molar-refractivity contribution in [1.82, 2.24) is 0 Å². The number of hydrogen-bond donors (Lipinski definition) is 0. The smallest absolute Gasteiger partial charge is 0.400 e. The summed E-state index contributed by atoms with van der Waals surface area (Å²) in [5.41, 5.74) is 0.217. The number of epoxide rings is 1. The summed E-state index contributed by atoms with van der Waals surface area (Å²) >= 11 is 0. The minimum atomic E-state index is -3.51. The molecule has 140 valence electrons. The van der Waals surface area contributed by atoms with Crippen LogP contribution in [0.1, 0.15) is 62.7 Å². The van der Waals surface area contributed by atoms with E-state index in [2.05, 4.69) is 6.92 Å². The predicted octanol–water partition coefficient (Wildman–Crippen LogP) is 5.92. The molecule has 1 aliphatic carbocycles. The summed E-state index contributed by atoms with van der Waals surface area (Å²) in [6.45, 7) is 3.84. The highest BCUT2D eigenvalue weighted by atomic mass is 19.3. The molecule has 1 atom stereocenters. The summed E-state index contributed by atoms with van der Waals surface area (Å²) in [4.78, 5) is 0. The Balaban J connectivity index is 1.74. The first kappa shape index (κ1) is 18.5. The van der Waals surface area contributed by atoms with E-state index in [1.54, 1.807) is 0 Å². The fraction of sp³-hybridized carbons (Fsp3) is 0.684. The third-order valence-corrected chi connectivity index (χ3v) is 5.31. The summed E-state index contributed by atoms with van der Waals surface area (Å²) in [5.74, 6) is -3.70. The Bertz CT molecular complexity index is 620. The molecule has 1 heterocycles. The van der Waals surface area contributed by atoms with Crippen LogP contribution in [0.25, 0.3) is 0 Å². The predicted molar refractivity (Wildman–Crippen MR) is 85.7 cm³/mol. The fourth-order valence-electron chi connectivity index (χ4n) is 3.76. The lowest BCUT2D eigenvalue weighted by Gasteiger charge is -2.33. The van der Waals surface area contributed by atoms with Crippen LogP contribution in [-0.4, -0.2) is 12.7 Å². The number of ether oxygens (including phenoxy) is 2. The molecule has 6 heteroatoms. The molecule has 0 spiro atoms. The Morgan fingerprint density at radius 3 is 2.36 bits per heavy atom. The average Bonchev–Trinajstić information content (AvgIpc) is 3.41. The SMILES string of the molecule is CCCC1CCC(C(F)(F)Oc2c(C)cc(C3CO3)c(F)c2F)CC1. The molecule has 0 aromatic heterocycles. The minimum absolute atomic E-state index is 0.0609. The van der Waals surface area contributed by atoms with Crippen LogP contribution in [0.2, 0.25) is 0 Å². The highest BCUT2D eigenvalue weighted by Crippen LogP contribution is 2.43. The highest BCUT2D eigenvalue weighted by molar-refractivity contribution is 5.41. The zero-order chi connectivity index (χ0) is 18.2. The summed E-state index contributed by atoms with van der Waals surface area (Å²) in [5, 5.41) is 0. The Hall–Kier alpha value is -1.30. The molecule has 1 aliphatic heterocycles. The Morgan fingerprint density at radius 2 is 1.80 bits per heavy atom. The lowest BCUT2D eigenvalue weighted by atomic mass is 9.79. The van der Waals surface area contributed by atoms with Crippen molar-refractivity contribution >= 4 is 0 Å². The maximum Gasteiger partial charge on any atom is 0.400 e. The van der Waals surface area contributed by atoms with Crippen molar-refractivity contribution in [3.63, 3.8) is 0 Å². The first-order valence-electron chi connectivity index (χ1n) is 9.00. The molecule has 1 unspecified atom stereocenters. The van der Waals surface area contributed by atoms with Crippen molar-refractivity contribution in [2.45, 2.75) is 64.6 Å². The minimum Gasteiger partial charge on any atom is -0.429 e. The molecule has 3 rings (SSSR count). The van der Waals surface area contributed by atoms with Crippen LogP contribution >= 0.6 is 0 Å². The van der Waals surface area contributed by atoms with E-state index in [0.717, 1.165) is 25.7 Å². The number of hydrogen-bond acceptors (Lipinski definition) is 2. The van der Waals surface area contributed by atoms with Gasteiger partial charge in [0.25, 0.3) is 0 Å². The van der Waals surface area contributed by atoms with Crippen LogP contribution < -0.4 is 4.74 Å². The van der Waals surface area contributed by atoms with E-state index in [4.69, 9.17) is 9.47 Å². The van der Waals surface area contributed by atoms with Gasteiger partial charge in [-0.15, -0.1) is 0 Å². The van der Waals surface area contributed by atoms with Crippen LogP contribution in [0.5, 0.6) is 5.75 Å². The van der Waals surface area contributed by atoms with Gasteiger partial charge in [-0.05, 0) is 50.2 Å². The molecule has 2 aliphatic rings. The van der Waals surface area contributed by atoms with Gasteiger partial charge >= 0.3 is 6.11 Å². The van der Waals surface area contributed by atoms with Crippen molar-refractivity contribution in [3.05, 3.63) is 28.8 Å². The van der Waals surface area contributed by atoms with Gasteiger partial charge in [0.2, 0.25) is 5.82 Å². The van der Waals surface area contributed by atoms with Crippen LogP contribution in [0, 0.1) is 30.4 Å². The first-order valence-corrected chi connectivity index (χ1v) is 9.00. The van der Waals surface area contributed by atoms with Gasteiger partial charge in [0.1, 0.15) is 6.10 Å². The van der Waals surface area contributed by atoms with Gasteiger partial charge in [-0.2, -0.15) is 13.2 Å². The third-order valence-electron chi connectivity index (χ3n) is 5.31. The topological polar surface area (TPSA) is 21.8 Å². The lowest BCUT2D eigenvalue weighted by molar-refractivity contribution is -0.225. The molecule has 2 nitrogen and oxygen atoms in total. The van der Waals surface area contributed by atoms with Gasteiger partial charge in [-0.1, -0.05) is 19.8 Å². The fourth-order valence-corrected chi connectivity index (χ4v) is 3.76. The first-order chi connectivity index (χ1) is 11.8. The molecule has 1 aromatic carbocycles. The van der Waals surface area contributed by atoms with Gasteiger partial charge in [0.15, 0.2) is 11.6 Å². The quantitative estimate of drug-likeness (QED) is 0.464. The molecule has 0 radical (unpaired) electrons. The monoisotopic (exact) mass is 360 g/mol. The molecule has 1 aromatic rings. The van der Waals surface area contributed by atoms with E-state index >= 15 is 0 Å². The maximum atomic E-state index is 14.5. The number of aryl methyl sites for hydroxylation is 1. The molecule has 1 saturated carbocycles. The highest BCUT2D eigenvalue weighted by Gasteiger charge is 2.45. The van der Waals surface area contributed by atoms with Gasteiger partial charge in [0.05, 0.1) is 12.5 Å². The van der Waals surface area contributed by atoms with Crippen molar-refractivity contribution < 1.29 is 27.0 Å². The van der Waals surface area contributed by atoms with Crippen LogP contribution in [0.3, 0.4) is 0 Å². The summed E-state index contributed by atoms with van der Waals surface area (Å²) < 4.78 is 67.2. The van der Waals surface area contributed by atoms with E-state index in [0.29, 0.717) is 25.4 Å². The van der Waals surface area contributed by atoms with Crippen molar-refractivity contribution in [3.8, 4) is 5.75 Å². The second kappa shape index (κ2) is 7.14. The number of halogens is 4. The summed E-state index contributed by atoms with van der Waals surface area (Å²) in [6, 6.07) is 1.33. The largest absolute Gasteiger partial charge is 0.429 e. The number of alkyl halides is 2. The van der Waals surface area contributed by atoms with Crippen molar-refractivity contribution in [1.29, 1.82) is 0 Å². The van der Waals surface area contributed by atoms with Gasteiger partial charge in [-0.3, -0.25) is 0 Å². The van der Waals surface area contributed by atoms with Crippen molar-refractivity contribution in [2.75, 3.05) is 6.61 Å². The zero-order valence-corrected chi connectivity index (χ0v) is 14.6. The Morgan fingerprint density at radius 1 is 1.16 bits per heavy atom. The van der Waals surface area contributed by atoms with Gasteiger partial charge in [0, 0.05) is 5.56 Å². The zero-order valence-electron chi connectivity index (χ0n) is 14.6. The molecular formula is C19H24F4O2. The van der Waals surface area contributed by atoms with E-state index in [9.17, 15) is 17.6 Å². The Labute approximate surface area is 145 Å². The molecule has 1 saturated heterocycles. The third kappa shape index (κ3) is 3.94. The molecule has 0 amide bonds. The maximum absolute atomic E-state index is 14.5.